The smallest absolute Gasteiger partial charge is 0.194 e. The first-order valence-electron chi connectivity index (χ1n) is 11.9. The lowest BCUT2D eigenvalue weighted by Gasteiger charge is -2.35. The molecule has 7 nitrogen and oxygen atoms in total. The van der Waals surface area contributed by atoms with Crippen molar-refractivity contribution in [3.63, 3.8) is 0 Å². The monoisotopic (exact) mass is 548 g/mol. The highest BCUT2D eigenvalue weighted by Crippen LogP contribution is 2.23. The highest BCUT2D eigenvalue weighted by molar-refractivity contribution is 14.0. The van der Waals surface area contributed by atoms with Crippen molar-refractivity contribution in [2.24, 2.45) is 4.99 Å². The number of aromatic nitrogens is 1. The van der Waals surface area contributed by atoms with Crippen LogP contribution in [-0.4, -0.2) is 61.1 Å². The second-order valence-corrected chi connectivity index (χ2v) is 8.41. The first-order chi connectivity index (χ1) is 14.7. The van der Waals surface area contributed by atoms with Gasteiger partial charge in [0.25, 0.3) is 0 Å². The molecular weight excluding hydrogens is 507 g/mol. The average molecular weight is 549 g/mol. The second kappa shape index (κ2) is 14.3. The molecule has 1 atom stereocenters. The van der Waals surface area contributed by atoms with Gasteiger partial charge in [-0.05, 0) is 51.9 Å². The third-order valence-corrected chi connectivity index (χ3v) is 6.23. The van der Waals surface area contributed by atoms with E-state index in [0.717, 1.165) is 82.4 Å². The number of aliphatic imine (C=N–C) groups is 1. The minimum atomic E-state index is 0. The minimum absolute atomic E-state index is 0. The van der Waals surface area contributed by atoms with Crippen LogP contribution in [-0.2, 0) is 16.0 Å². The van der Waals surface area contributed by atoms with Gasteiger partial charge in [0, 0.05) is 38.2 Å². The predicted molar refractivity (Wildman–Crippen MR) is 134 cm³/mol. The summed E-state index contributed by atoms with van der Waals surface area (Å²) in [6.45, 7) is 11.4. The molecule has 0 aromatic carbocycles. The van der Waals surface area contributed by atoms with Crippen LogP contribution < -0.4 is 5.32 Å². The van der Waals surface area contributed by atoms with Crippen LogP contribution in [0.5, 0.6) is 0 Å². The molecule has 178 valence electrons. The SMILES string of the molecule is CCNC(=NCc1cc(C(CC)CC)no1)N1CCC(OCC2CCCCO2)CC1.I. The molecule has 0 amide bonds. The van der Waals surface area contributed by atoms with Crippen molar-refractivity contribution in [2.75, 3.05) is 32.8 Å². The summed E-state index contributed by atoms with van der Waals surface area (Å²) in [5.41, 5.74) is 1.05. The molecule has 1 unspecified atom stereocenters. The van der Waals surface area contributed by atoms with Crippen LogP contribution in [0.2, 0.25) is 0 Å². The first kappa shape index (κ1) is 26.4. The molecule has 3 rings (SSSR count). The summed E-state index contributed by atoms with van der Waals surface area (Å²) in [5, 5.41) is 7.68. The van der Waals surface area contributed by atoms with Crippen molar-refractivity contribution in [1.82, 2.24) is 15.4 Å². The van der Waals surface area contributed by atoms with E-state index in [-0.39, 0.29) is 24.0 Å². The van der Waals surface area contributed by atoms with Gasteiger partial charge in [0.2, 0.25) is 0 Å². The van der Waals surface area contributed by atoms with Crippen molar-refractivity contribution < 1.29 is 14.0 Å². The van der Waals surface area contributed by atoms with Crippen LogP contribution in [0.25, 0.3) is 0 Å². The van der Waals surface area contributed by atoms with Crippen LogP contribution in [0, 0.1) is 0 Å². The summed E-state index contributed by atoms with van der Waals surface area (Å²) in [6, 6.07) is 2.07. The molecule has 2 saturated heterocycles. The maximum atomic E-state index is 6.15. The van der Waals surface area contributed by atoms with Crippen molar-refractivity contribution in [3.05, 3.63) is 17.5 Å². The molecule has 8 heteroatoms. The molecule has 0 radical (unpaired) electrons. The summed E-state index contributed by atoms with van der Waals surface area (Å²) < 4.78 is 17.5. The summed E-state index contributed by atoms with van der Waals surface area (Å²) in [6.07, 6.45) is 8.42. The molecule has 1 N–H and O–H groups in total. The number of ether oxygens (including phenoxy) is 2. The zero-order valence-corrected chi connectivity index (χ0v) is 21.8. The Balaban J connectivity index is 0.00000341. The molecule has 3 heterocycles. The Bertz CT molecular complexity index is 637. The van der Waals surface area contributed by atoms with E-state index in [9.17, 15) is 0 Å². The Hall–Kier alpha value is -0.870. The Kier molecular flexibility index (Phi) is 12.2. The van der Waals surface area contributed by atoms with Crippen LogP contribution >= 0.6 is 24.0 Å². The topological polar surface area (TPSA) is 72.1 Å². The third kappa shape index (κ3) is 8.20. The highest BCUT2D eigenvalue weighted by Gasteiger charge is 2.24. The number of guanidine groups is 1. The van der Waals surface area contributed by atoms with E-state index in [4.69, 9.17) is 19.0 Å². The van der Waals surface area contributed by atoms with E-state index in [2.05, 4.69) is 42.2 Å². The van der Waals surface area contributed by atoms with E-state index < -0.39 is 0 Å². The van der Waals surface area contributed by atoms with E-state index in [1.807, 2.05) is 0 Å². The molecular formula is C23H41IN4O3. The number of nitrogens with zero attached hydrogens (tertiary/aromatic N) is 3. The summed E-state index contributed by atoms with van der Waals surface area (Å²) in [4.78, 5) is 7.15. The van der Waals surface area contributed by atoms with E-state index >= 15 is 0 Å². The third-order valence-electron chi connectivity index (χ3n) is 6.23. The van der Waals surface area contributed by atoms with Gasteiger partial charge in [-0.15, -0.1) is 24.0 Å². The van der Waals surface area contributed by atoms with E-state index in [0.29, 0.717) is 24.7 Å². The van der Waals surface area contributed by atoms with Gasteiger partial charge in [0.15, 0.2) is 11.7 Å². The van der Waals surface area contributed by atoms with Crippen LogP contribution in [0.1, 0.15) is 83.1 Å². The fourth-order valence-electron chi connectivity index (χ4n) is 4.30. The van der Waals surface area contributed by atoms with Crippen LogP contribution in [0.3, 0.4) is 0 Å². The molecule has 1 aromatic rings. The molecule has 0 aliphatic carbocycles. The quantitative estimate of drug-likeness (QED) is 0.274. The molecule has 0 saturated carbocycles. The van der Waals surface area contributed by atoms with Crippen molar-refractivity contribution in [2.45, 2.75) is 90.4 Å². The van der Waals surface area contributed by atoms with Gasteiger partial charge in [-0.2, -0.15) is 0 Å². The average Bonchev–Trinajstić information content (AvgIpc) is 3.26. The molecule has 31 heavy (non-hydrogen) atoms. The molecule has 1 aromatic heterocycles. The maximum absolute atomic E-state index is 6.15. The number of likely N-dealkylation sites (tertiary alicyclic amines) is 1. The number of hydrogen-bond acceptors (Lipinski definition) is 5. The fraction of sp³-hybridized carbons (Fsp3) is 0.826. The van der Waals surface area contributed by atoms with Crippen molar-refractivity contribution in [1.29, 1.82) is 0 Å². The van der Waals surface area contributed by atoms with Crippen LogP contribution in [0.4, 0.5) is 0 Å². The zero-order valence-electron chi connectivity index (χ0n) is 19.5. The van der Waals surface area contributed by atoms with Crippen molar-refractivity contribution in [3.8, 4) is 0 Å². The Morgan fingerprint density at radius 3 is 2.65 bits per heavy atom. The lowest BCUT2D eigenvalue weighted by molar-refractivity contribution is -0.0721. The van der Waals surface area contributed by atoms with Gasteiger partial charge >= 0.3 is 0 Å². The Morgan fingerprint density at radius 2 is 2.00 bits per heavy atom. The second-order valence-electron chi connectivity index (χ2n) is 8.41. The van der Waals surface area contributed by atoms with E-state index in [1.165, 1.54) is 12.8 Å². The maximum Gasteiger partial charge on any atom is 0.194 e. The van der Waals surface area contributed by atoms with Crippen LogP contribution in [0.15, 0.2) is 15.6 Å². The van der Waals surface area contributed by atoms with Gasteiger partial charge in [0.05, 0.1) is 24.5 Å². The highest BCUT2D eigenvalue weighted by atomic mass is 127. The molecule has 0 spiro atoms. The number of piperidine rings is 1. The summed E-state index contributed by atoms with van der Waals surface area (Å²) >= 11 is 0. The van der Waals surface area contributed by atoms with Gasteiger partial charge in [-0.3, -0.25) is 0 Å². The largest absolute Gasteiger partial charge is 0.376 e. The standard InChI is InChI=1S/C23H40N4O3.HI/c1-4-18(5-2)22-15-21(30-26-22)16-25-23(24-6-3)27-12-10-19(11-13-27)29-17-20-9-7-8-14-28-20;/h15,18-20H,4-14,16-17H2,1-3H3,(H,24,25);1H. The summed E-state index contributed by atoms with van der Waals surface area (Å²) in [5.74, 6) is 2.25. The lowest BCUT2D eigenvalue weighted by Crippen LogP contribution is -2.47. The van der Waals surface area contributed by atoms with Gasteiger partial charge in [-0.1, -0.05) is 19.0 Å². The number of rotatable bonds is 9. The molecule has 2 aliphatic heterocycles. The number of hydrogen-bond donors (Lipinski definition) is 1. The predicted octanol–water partition coefficient (Wildman–Crippen LogP) is 4.71. The Morgan fingerprint density at radius 1 is 1.23 bits per heavy atom. The first-order valence-corrected chi connectivity index (χ1v) is 11.9. The number of halogens is 1. The molecule has 0 bridgehead atoms. The minimum Gasteiger partial charge on any atom is -0.376 e. The Labute approximate surface area is 204 Å². The molecule has 2 aliphatic rings. The fourth-order valence-corrected chi connectivity index (χ4v) is 4.30. The van der Waals surface area contributed by atoms with Gasteiger partial charge in [0.1, 0.15) is 6.54 Å². The number of nitrogens with one attached hydrogen (secondary N) is 1. The van der Waals surface area contributed by atoms with E-state index in [1.54, 1.807) is 0 Å². The van der Waals surface area contributed by atoms with Gasteiger partial charge in [-0.25, -0.2) is 4.99 Å². The van der Waals surface area contributed by atoms with Crippen molar-refractivity contribution >= 4 is 29.9 Å². The zero-order chi connectivity index (χ0) is 21.2. The van der Waals surface area contributed by atoms with Gasteiger partial charge < -0.3 is 24.2 Å². The lowest BCUT2D eigenvalue weighted by atomic mass is 9.99. The normalized spacial score (nSPS) is 20.7. The molecule has 2 fully saturated rings. The summed E-state index contributed by atoms with van der Waals surface area (Å²) in [7, 11) is 0.